The molecule has 72 valence electrons. The molecule has 0 aliphatic carbocycles. The largest absolute Gasteiger partial charge is 0.350 e. The molecule has 1 aliphatic heterocycles. The molecule has 1 aliphatic rings. The zero-order chi connectivity index (χ0) is 9.10. The van der Waals surface area contributed by atoms with Crippen LogP contribution in [0.2, 0.25) is 0 Å². The van der Waals surface area contributed by atoms with Crippen molar-refractivity contribution in [2.24, 2.45) is 0 Å². The minimum atomic E-state index is -0.0631. The second kappa shape index (κ2) is 3.89. The van der Waals surface area contributed by atoms with E-state index in [-0.39, 0.29) is 5.56 Å². The van der Waals surface area contributed by atoms with E-state index in [1.807, 2.05) is 4.90 Å². The van der Waals surface area contributed by atoms with Crippen molar-refractivity contribution in [1.29, 1.82) is 0 Å². The van der Waals surface area contributed by atoms with Crippen molar-refractivity contribution in [3.63, 3.8) is 0 Å². The van der Waals surface area contributed by atoms with Gasteiger partial charge in [0.05, 0.1) is 0 Å². The van der Waals surface area contributed by atoms with Crippen LogP contribution < -0.4 is 15.8 Å². The SMILES string of the molecule is O=c1[nH]snc1N1CCCNCC1. The zero-order valence-electron chi connectivity index (χ0n) is 7.25. The molecular weight excluding hydrogens is 188 g/mol. The van der Waals surface area contributed by atoms with Crippen molar-refractivity contribution in [2.75, 3.05) is 31.1 Å². The molecule has 1 fully saturated rings. The Labute approximate surface area is 80.1 Å². The van der Waals surface area contributed by atoms with Crippen molar-refractivity contribution in [1.82, 2.24) is 14.1 Å². The zero-order valence-corrected chi connectivity index (χ0v) is 8.06. The van der Waals surface area contributed by atoms with Crippen molar-refractivity contribution >= 4 is 17.5 Å². The maximum absolute atomic E-state index is 11.3. The number of nitrogens with one attached hydrogen (secondary N) is 2. The topological polar surface area (TPSA) is 61.0 Å². The van der Waals surface area contributed by atoms with E-state index in [2.05, 4.69) is 14.1 Å². The van der Waals surface area contributed by atoms with Crippen molar-refractivity contribution < 1.29 is 0 Å². The average molecular weight is 200 g/mol. The van der Waals surface area contributed by atoms with Gasteiger partial charge < -0.3 is 10.2 Å². The lowest BCUT2D eigenvalue weighted by molar-refractivity contribution is 0.724. The monoisotopic (exact) mass is 200 g/mol. The highest BCUT2D eigenvalue weighted by molar-refractivity contribution is 6.99. The Hall–Kier alpha value is -0.880. The summed E-state index contributed by atoms with van der Waals surface area (Å²) in [6, 6.07) is 0. The number of rotatable bonds is 1. The molecule has 2 N–H and O–H groups in total. The third-order valence-electron chi connectivity index (χ3n) is 2.11. The molecular formula is C7H12N4OS. The maximum atomic E-state index is 11.3. The molecule has 0 bridgehead atoms. The first-order chi connectivity index (χ1) is 6.38. The van der Waals surface area contributed by atoms with Gasteiger partial charge in [0.25, 0.3) is 0 Å². The quantitative estimate of drug-likeness (QED) is 0.649. The van der Waals surface area contributed by atoms with Crippen LogP contribution in [-0.4, -0.2) is 34.9 Å². The molecule has 2 rings (SSSR count). The predicted molar refractivity (Wildman–Crippen MR) is 52.4 cm³/mol. The third-order valence-corrected chi connectivity index (χ3v) is 2.65. The maximum Gasteiger partial charge on any atom is 0.302 e. The van der Waals surface area contributed by atoms with Crippen molar-refractivity contribution in [2.45, 2.75) is 6.42 Å². The molecule has 0 amide bonds. The summed E-state index contributed by atoms with van der Waals surface area (Å²) in [6.07, 6.45) is 1.07. The molecule has 1 aromatic heterocycles. The van der Waals surface area contributed by atoms with Gasteiger partial charge in [-0.1, -0.05) is 0 Å². The van der Waals surface area contributed by atoms with E-state index in [1.54, 1.807) is 0 Å². The Kier molecular flexibility index (Phi) is 2.60. The molecule has 0 unspecified atom stereocenters. The number of aromatic amines is 1. The highest BCUT2D eigenvalue weighted by atomic mass is 32.1. The van der Waals surface area contributed by atoms with E-state index in [9.17, 15) is 4.79 Å². The van der Waals surface area contributed by atoms with Gasteiger partial charge in [0.15, 0.2) is 0 Å². The standard InChI is InChI=1S/C7H12N4OS/c12-7-6(9-13-10-7)11-4-1-2-8-3-5-11/h8H,1-5H2,(H,10,12). The first-order valence-corrected chi connectivity index (χ1v) is 5.15. The smallest absolute Gasteiger partial charge is 0.302 e. The number of H-pyrrole nitrogens is 1. The van der Waals surface area contributed by atoms with Gasteiger partial charge in [-0.25, -0.2) is 0 Å². The Morgan fingerprint density at radius 3 is 3.08 bits per heavy atom. The summed E-state index contributed by atoms with van der Waals surface area (Å²) in [5.41, 5.74) is -0.0631. The summed E-state index contributed by atoms with van der Waals surface area (Å²) in [6.45, 7) is 3.74. The second-order valence-electron chi connectivity index (χ2n) is 3.03. The fourth-order valence-corrected chi connectivity index (χ4v) is 1.96. The molecule has 13 heavy (non-hydrogen) atoms. The average Bonchev–Trinajstić information content (AvgIpc) is 2.43. The molecule has 5 nitrogen and oxygen atoms in total. The summed E-state index contributed by atoms with van der Waals surface area (Å²) in [4.78, 5) is 13.3. The summed E-state index contributed by atoms with van der Waals surface area (Å²) in [7, 11) is 0. The lowest BCUT2D eigenvalue weighted by Gasteiger charge is -2.17. The van der Waals surface area contributed by atoms with Crippen molar-refractivity contribution in [3.8, 4) is 0 Å². The molecule has 2 heterocycles. The molecule has 0 radical (unpaired) electrons. The third kappa shape index (κ3) is 1.89. The highest BCUT2D eigenvalue weighted by Crippen LogP contribution is 2.06. The first kappa shape index (κ1) is 8.71. The van der Waals surface area contributed by atoms with Crippen LogP contribution in [0.1, 0.15) is 6.42 Å². The first-order valence-electron chi connectivity index (χ1n) is 4.38. The molecule has 6 heteroatoms. The molecule has 0 spiro atoms. The van der Waals surface area contributed by atoms with E-state index in [0.29, 0.717) is 5.82 Å². The summed E-state index contributed by atoms with van der Waals surface area (Å²) in [5, 5.41) is 3.28. The Balaban J connectivity index is 2.15. The van der Waals surface area contributed by atoms with Crippen LogP contribution in [0.4, 0.5) is 5.82 Å². The van der Waals surface area contributed by atoms with Gasteiger partial charge >= 0.3 is 5.56 Å². The van der Waals surface area contributed by atoms with Gasteiger partial charge in [0, 0.05) is 31.4 Å². The predicted octanol–water partition coefficient (Wildman–Crippen LogP) is -0.369. The van der Waals surface area contributed by atoms with Crippen molar-refractivity contribution in [3.05, 3.63) is 10.4 Å². The van der Waals surface area contributed by atoms with Gasteiger partial charge in [-0.15, -0.1) is 0 Å². The fourth-order valence-electron chi connectivity index (χ4n) is 1.45. The number of anilines is 1. The van der Waals surface area contributed by atoms with Gasteiger partial charge in [-0.05, 0) is 13.0 Å². The van der Waals surface area contributed by atoms with E-state index >= 15 is 0 Å². The van der Waals surface area contributed by atoms with Crippen LogP contribution in [-0.2, 0) is 0 Å². The van der Waals surface area contributed by atoms with Crippen LogP contribution in [0.5, 0.6) is 0 Å². The minimum absolute atomic E-state index is 0.0631. The second-order valence-corrected chi connectivity index (χ2v) is 3.60. The highest BCUT2D eigenvalue weighted by Gasteiger charge is 2.14. The molecule has 1 aromatic rings. The van der Waals surface area contributed by atoms with E-state index < -0.39 is 0 Å². The Morgan fingerprint density at radius 2 is 2.31 bits per heavy atom. The fraction of sp³-hybridized carbons (Fsp3) is 0.714. The van der Waals surface area contributed by atoms with E-state index in [1.165, 1.54) is 0 Å². The summed E-state index contributed by atoms with van der Waals surface area (Å²) >= 11 is 1.12. The van der Waals surface area contributed by atoms with Crippen LogP contribution in [0.25, 0.3) is 0 Å². The number of hydrogen-bond acceptors (Lipinski definition) is 5. The van der Waals surface area contributed by atoms with E-state index in [0.717, 1.165) is 44.3 Å². The van der Waals surface area contributed by atoms with Crippen LogP contribution in [0.3, 0.4) is 0 Å². The Morgan fingerprint density at radius 1 is 1.38 bits per heavy atom. The number of hydrogen-bond donors (Lipinski definition) is 2. The van der Waals surface area contributed by atoms with Crippen LogP contribution >= 0.6 is 11.7 Å². The number of nitrogens with zero attached hydrogens (tertiary/aromatic N) is 2. The van der Waals surface area contributed by atoms with Gasteiger partial charge in [0.1, 0.15) is 0 Å². The molecule has 0 saturated carbocycles. The number of aromatic nitrogens is 2. The lowest BCUT2D eigenvalue weighted by atomic mass is 10.4. The summed E-state index contributed by atoms with van der Waals surface area (Å²) in [5.74, 6) is 0.578. The molecule has 1 saturated heterocycles. The van der Waals surface area contributed by atoms with Gasteiger partial charge in [-0.3, -0.25) is 9.17 Å². The van der Waals surface area contributed by atoms with E-state index in [4.69, 9.17) is 0 Å². The molecule has 0 atom stereocenters. The Bertz CT molecular complexity index is 312. The lowest BCUT2D eigenvalue weighted by Crippen LogP contribution is -2.31. The van der Waals surface area contributed by atoms with Gasteiger partial charge in [0.2, 0.25) is 5.82 Å². The normalized spacial score (nSPS) is 18.6. The van der Waals surface area contributed by atoms with Crippen LogP contribution in [0, 0.1) is 0 Å². The van der Waals surface area contributed by atoms with Gasteiger partial charge in [-0.2, -0.15) is 4.37 Å². The minimum Gasteiger partial charge on any atom is -0.350 e. The summed E-state index contributed by atoms with van der Waals surface area (Å²) < 4.78 is 6.65. The molecule has 0 aromatic carbocycles. The van der Waals surface area contributed by atoms with Crippen LogP contribution in [0.15, 0.2) is 4.79 Å².